The summed E-state index contributed by atoms with van der Waals surface area (Å²) < 4.78 is 0. The molecule has 0 saturated carbocycles. The van der Waals surface area contributed by atoms with Crippen LogP contribution >= 0.6 is 0 Å². The number of nitrogens with zero attached hydrogens (tertiary/aromatic N) is 2. The Morgan fingerprint density at radius 3 is 2.50 bits per heavy atom. The third-order valence-corrected chi connectivity index (χ3v) is 5.31. The number of aliphatic carboxylic acids is 1. The van der Waals surface area contributed by atoms with Crippen LogP contribution < -0.4 is 34.7 Å². The van der Waals surface area contributed by atoms with Crippen LogP contribution in [0.1, 0.15) is 18.9 Å². The van der Waals surface area contributed by atoms with Crippen molar-refractivity contribution in [3.63, 3.8) is 0 Å². The molecule has 3 atom stereocenters. The molecule has 4 rings (SSSR count). The van der Waals surface area contributed by atoms with Crippen molar-refractivity contribution in [1.29, 1.82) is 0 Å². The molecule has 0 bridgehead atoms. The van der Waals surface area contributed by atoms with Crippen molar-refractivity contribution in [2.75, 3.05) is 6.54 Å². The van der Waals surface area contributed by atoms with Crippen molar-refractivity contribution in [2.24, 2.45) is 5.92 Å². The smallest absolute Gasteiger partial charge is 0.543 e. The third-order valence-electron chi connectivity index (χ3n) is 5.31. The van der Waals surface area contributed by atoms with Gasteiger partial charge < -0.3 is 19.7 Å². The van der Waals surface area contributed by atoms with Gasteiger partial charge in [-0.1, -0.05) is 42.5 Å². The number of likely N-dealkylation sites (tertiary alicyclic amines) is 1. The molecule has 2 amide bonds. The van der Waals surface area contributed by atoms with Crippen LogP contribution in [0.15, 0.2) is 47.7 Å². The van der Waals surface area contributed by atoms with Crippen LogP contribution in [0.4, 0.5) is 0 Å². The first-order valence-corrected chi connectivity index (χ1v) is 8.29. The summed E-state index contributed by atoms with van der Waals surface area (Å²) in [5.41, 5.74) is 1.52. The van der Waals surface area contributed by atoms with Gasteiger partial charge in [-0.3, -0.25) is 9.59 Å². The van der Waals surface area contributed by atoms with Crippen LogP contribution in [-0.4, -0.2) is 46.2 Å². The van der Waals surface area contributed by atoms with Gasteiger partial charge in [0.25, 0.3) is 5.91 Å². The van der Waals surface area contributed by atoms with E-state index in [-0.39, 0.29) is 59.0 Å². The predicted molar refractivity (Wildman–Crippen MR) is 87.4 cm³/mol. The van der Waals surface area contributed by atoms with Crippen LogP contribution in [0.5, 0.6) is 0 Å². The van der Waals surface area contributed by atoms with E-state index in [9.17, 15) is 19.5 Å². The van der Waals surface area contributed by atoms with Crippen molar-refractivity contribution >= 4 is 23.9 Å². The summed E-state index contributed by atoms with van der Waals surface area (Å²) in [5.74, 6) is -1.90. The minimum Gasteiger partial charge on any atom is -0.543 e. The number of allylic oxidation sites excluding steroid dienone is 1. The van der Waals surface area contributed by atoms with Gasteiger partial charge in [-0.15, -0.1) is 0 Å². The summed E-state index contributed by atoms with van der Waals surface area (Å²) in [6.07, 6.45) is 4.26. The molecule has 3 heterocycles. The van der Waals surface area contributed by atoms with Gasteiger partial charge in [0.1, 0.15) is 6.04 Å². The maximum atomic E-state index is 12.5. The van der Waals surface area contributed by atoms with Crippen LogP contribution in [-0.2, 0) is 14.4 Å². The second-order valence-corrected chi connectivity index (χ2v) is 6.59. The van der Waals surface area contributed by atoms with Crippen LogP contribution in [0.2, 0.25) is 0 Å². The number of rotatable bonds is 3. The van der Waals surface area contributed by atoms with Crippen molar-refractivity contribution in [3.05, 3.63) is 53.2 Å². The summed E-state index contributed by atoms with van der Waals surface area (Å²) in [5, 5.41) is 11.7. The fourth-order valence-corrected chi connectivity index (χ4v) is 4.24. The average Bonchev–Trinajstić information content (AvgIpc) is 2.92. The molecule has 128 valence electrons. The summed E-state index contributed by atoms with van der Waals surface area (Å²) >= 11 is 0. The molecule has 1 aromatic rings. The van der Waals surface area contributed by atoms with Gasteiger partial charge >= 0.3 is 29.6 Å². The first-order chi connectivity index (χ1) is 12.0. The fraction of sp³-hybridized carbons (Fsp3) is 0.316. The topological polar surface area (TPSA) is 80.8 Å². The first kappa shape index (κ1) is 18.9. The molecule has 2 saturated heterocycles. The van der Waals surface area contributed by atoms with Crippen molar-refractivity contribution in [2.45, 2.75) is 25.4 Å². The molecule has 0 spiro atoms. The number of carboxylic acid groups (broad SMARTS) is 1. The summed E-state index contributed by atoms with van der Waals surface area (Å²) in [4.78, 5) is 38.8. The van der Waals surface area contributed by atoms with E-state index in [0.717, 1.165) is 5.56 Å². The van der Waals surface area contributed by atoms with Crippen molar-refractivity contribution in [1.82, 2.24) is 9.80 Å². The molecule has 3 aliphatic heterocycles. The van der Waals surface area contributed by atoms with Gasteiger partial charge in [0, 0.05) is 19.4 Å². The minimum absolute atomic E-state index is 0. The van der Waals surface area contributed by atoms with E-state index in [2.05, 4.69) is 0 Å². The number of carbonyl (C=O) groups is 3. The predicted octanol–water partition coefficient (Wildman–Crippen LogP) is -2.83. The first-order valence-electron chi connectivity index (χ1n) is 8.29. The number of piperidine rings is 1. The molecule has 3 aliphatic rings. The van der Waals surface area contributed by atoms with E-state index >= 15 is 0 Å². The molecule has 2 fully saturated rings. The Hall–Kier alpha value is -1.89. The zero-order chi connectivity index (χ0) is 17.7. The molecule has 7 heteroatoms. The maximum Gasteiger partial charge on any atom is 1.00 e. The van der Waals surface area contributed by atoms with Crippen LogP contribution in [0.25, 0.3) is 6.08 Å². The standard InChI is InChI=1S/C19H18N2O4.Na/c1-11(22)20-10-9-14-13(8-7-12-5-3-2-4-6-12)16(19(24)25)21-15(14)17(20)18(21)23;/h2-8,14-15,17H,9-10H2,1H3,(H,24,25);/q;+1/p-1/b8-7+;/t14?,15-,17+;/m1./s1. The zero-order valence-electron chi connectivity index (χ0n) is 14.7. The molecule has 0 radical (unpaired) electrons. The minimum atomic E-state index is -1.34. The van der Waals surface area contributed by atoms with Gasteiger partial charge in [0.15, 0.2) is 0 Å². The molecule has 26 heavy (non-hydrogen) atoms. The Kier molecular flexibility index (Phi) is 5.10. The number of benzene rings is 1. The Morgan fingerprint density at radius 1 is 1.19 bits per heavy atom. The molecule has 0 aliphatic carbocycles. The van der Waals surface area contributed by atoms with Gasteiger partial charge in [-0.2, -0.15) is 0 Å². The van der Waals surface area contributed by atoms with Crippen LogP contribution in [0, 0.1) is 5.92 Å². The largest absolute Gasteiger partial charge is 1.00 e. The number of carbonyl (C=O) groups excluding carboxylic acids is 3. The summed E-state index contributed by atoms with van der Waals surface area (Å²) in [7, 11) is 0. The SMILES string of the molecule is CC(=O)N1CCC2C(/C=C/c3ccccc3)=C(C(=O)[O-])N3C(=O)[C@@H]1[C@@H]23.[Na+]. The molecular formula is C19H17N2NaO4. The molecule has 6 nitrogen and oxygen atoms in total. The zero-order valence-corrected chi connectivity index (χ0v) is 16.7. The van der Waals surface area contributed by atoms with E-state index in [4.69, 9.17) is 0 Å². The molecule has 1 aromatic carbocycles. The number of amides is 2. The third kappa shape index (κ3) is 2.73. The summed E-state index contributed by atoms with van der Waals surface area (Å²) in [6, 6.07) is 8.73. The van der Waals surface area contributed by atoms with Gasteiger partial charge in [0.2, 0.25) is 5.91 Å². The van der Waals surface area contributed by atoms with E-state index in [1.807, 2.05) is 36.4 Å². The Morgan fingerprint density at radius 2 is 1.88 bits per heavy atom. The van der Waals surface area contributed by atoms with Crippen molar-refractivity contribution < 1.29 is 49.0 Å². The molecule has 0 N–H and O–H groups in total. The van der Waals surface area contributed by atoms with E-state index in [1.54, 1.807) is 11.0 Å². The number of hydrogen-bond donors (Lipinski definition) is 0. The molecular weight excluding hydrogens is 343 g/mol. The normalized spacial score (nSPS) is 26.5. The van der Waals surface area contributed by atoms with E-state index in [1.165, 1.54) is 11.8 Å². The fourth-order valence-electron chi connectivity index (χ4n) is 4.24. The quantitative estimate of drug-likeness (QED) is 0.430. The Balaban J connectivity index is 0.00000196. The second-order valence-electron chi connectivity index (χ2n) is 6.59. The average molecular weight is 360 g/mol. The monoisotopic (exact) mass is 360 g/mol. The van der Waals surface area contributed by atoms with Gasteiger partial charge in [0.05, 0.1) is 17.7 Å². The van der Waals surface area contributed by atoms with E-state index in [0.29, 0.717) is 18.5 Å². The van der Waals surface area contributed by atoms with E-state index < -0.39 is 12.0 Å². The van der Waals surface area contributed by atoms with Gasteiger partial charge in [-0.25, -0.2) is 0 Å². The number of hydrogen-bond acceptors (Lipinski definition) is 4. The number of β-lactam (4-membered cyclic amide) rings is 1. The van der Waals surface area contributed by atoms with Crippen molar-refractivity contribution in [3.8, 4) is 0 Å². The maximum absolute atomic E-state index is 12.5. The molecule has 0 aromatic heterocycles. The Bertz CT molecular complexity index is 833. The molecule has 1 unspecified atom stereocenters. The summed E-state index contributed by atoms with van der Waals surface area (Å²) in [6.45, 7) is 1.90. The Labute approximate surface area is 173 Å². The number of carboxylic acids is 1. The van der Waals surface area contributed by atoms with Crippen LogP contribution in [0.3, 0.4) is 0 Å². The second kappa shape index (κ2) is 7.02. The van der Waals surface area contributed by atoms with Gasteiger partial charge in [-0.05, 0) is 17.6 Å².